The molecule has 5 heteroatoms. The Bertz CT molecular complexity index is 613. The van der Waals surface area contributed by atoms with Gasteiger partial charge in [0.05, 0.1) is 6.61 Å². The summed E-state index contributed by atoms with van der Waals surface area (Å²) in [5, 5.41) is 2.65. The predicted molar refractivity (Wildman–Crippen MR) is 75.4 cm³/mol. The first kappa shape index (κ1) is 11.7. The zero-order valence-electron chi connectivity index (χ0n) is 9.99. The number of hydrogen-bond acceptors (Lipinski definition) is 5. The normalized spacial score (nSPS) is 12.9. The van der Waals surface area contributed by atoms with E-state index in [-0.39, 0.29) is 5.97 Å². The number of nitrogens with two attached hydrogens (primary N) is 1. The van der Waals surface area contributed by atoms with Crippen molar-refractivity contribution in [1.82, 2.24) is 0 Å². The Balaban J connectivity index is 2.18. The van der Waals surface area contributed by atoms with Crippen molar-refractivity contribution in [2.75, 3.05) is 12.3 Å². The Kier molecular flexibility index (Phi) is 2.87. The summed E-state index contributed by atoms with van der Waals surface area (Å²) in [4.78, 5) is 14.6. The van der Waals surface area contributed by atoms with Crippen LogP contribution < -0.4 is 5.73 Å². The van der Waals surface area contributed by atoms with Gasteiger partial charge in [-0.05, 0) is 36.8 Å². The molecule has 0 fully saturated rings. The lowest BCUT2D eigenvalue weighted by Gasteiger charge is -2.13. The molecule has 0 amide bonds. The molecule has 0 aliphatic heterocycles. The Morgan fingerprint density at radius 3 is 3.00 bits per heavy atom. The smallest absolute Gasteiger partial charge is 0.341 e. The van der Waals surface area contributed by atoms with Gasteiger partial charge in [-0.25, -0.2) is 4.79 Å². The first-order valence-electron chi connectivity index (χ1n) is 5.87. The van der Waals surface area contributed by atoms with E-state index in [0.29, 0.717) is 17.2 Å². The number of fused-ring (bicyclic) bond motifs is 3. The zero-order valence-corrected chi connectivity index (χ0v) is 11.6. The number of hydrogen-bond donors (Lipinski definition) is 1. The van der Waals surface area contributed by atoms with Gasteiger partial charge in [0.25, 0.3) is 0 Å². The maximum Gasteiger partial charge on any atom is 0.341 e. The van der Waals surface area contributed by atoms with Gasteiger partial charge >= 0.3 is 5.97 Å². The molecule has 3 nitrogen and oxygen atoms in total. The first-order valence-corrected chi connectivity index (χ1v) is 7.57. The van der Waals surface area contributed by atoms with Crippen LogP contribution >= 0.6 is 22.7 Å². The second-order valence-corrected chi connectivity index (χ2v) is 6.25. The monoisotopic (exact) mass is 279 g/mol. The van der Waals surface area contributed by atoms with Gasteiger partial charge in [-0.1, -0.05) is 0 Å². The number of nitrogen functional groups attached to an aromatic ring is 1. The summed E-state index contributed by atoms with van der Waals surface area (Å²) in [6.45, 7) is 2.18. The topological polar surface area (TPSA) is 52.3 Å². The second-order valence-electron chi connectivity index (χ2n) is 4.12. The third kappa shape index (κ3) is 1.66. The van der Waals surface area contributed by atoms with Crippen molar-refractivity contribution in [2.45, 2.75) is 19.8 Å². The fourth-order valence-electron chi connectivity index (χ4n) is 2.35. The van der Waals surface area contributed by atoms with E-state index in [1.807, 2.05) is 6.92 Å². The van der Waals surface area contributed by atoms with Crippen LogP contribution in [0.5, 0.6) is 0 Å². The SMILES string of the molecule is CCOC(=O)c1c(N)sc2c1-c1ccsc1CC2. The lowest BCUT2D eigenvalue weighted by atomic mass is 9.94. The fraction of sp³-hybridized carbons (Fsp3) is 0.308. The van der Waals surface area contributed by atoms with Gasteiger partial charge in [0, 0.05) is 15.3 Å². The highest BCUT2D eigenvalue weighted by molar-refractivity contribution is 7.17. The summed E-state index contributed by atoms with van der Waals surface area (Å²) in [7, 11) is 0. The van der Waals surface area contributed by atoms with Crippen LogP contribution in [0.15, 0.2) is 11.4 Å². The molecule has 2 aromatic rings. The Morgan fingerprint density at radius 1 is 1.44 bits per heavy atom. The van der Waals surface area contributed by atoms with E-state index in [1.165, 1.54) is 21.1 Å². The van der Waals surface area contributed by atoms with Crippen LogP contribution in [0.4, 0.5) is 5.00 Å². The number of rotatable bonds is 2. The molecule has 2 heterocycles. The fourth-order valence-corrected chi connectivity index (χ4v) is 4.30. The molecule has 18 heavy (non-hydrogen) atoms. The highest BCUT2D eigenvalue weighted by atomic mass is 32.1. The van der Waals surface area contributed by atoms with Crippen molar-refractivity contribution < 1.29 is 9.53 Å². The van der Waals surface area contributed by atoms with E-state index in [9.17, 15) is 4.79 Å². The van der Waals surface area contributed by atoms with Gasteiger partial charge in [-0.3, -0.25) is 0 Å². The predicted octanol–water partition coefficient (Wildman–Crippen LogP) is 3.33. The summed E-state index contributed by atoms with van der Waals surface area (Å²) < 4.78 is 5.12. The van der Waals surface area contributed by atoms with Crippen molar-refractivity contribution in [1.29, 1.82) is 0 Å². The summed E-state index contributed by atoms with van der Waals surface area (Å²) in [5.74, 6) is -0.299. The molecule has 0 atom stereocenters. The molecular formula is C13H13NO2S2. The van der Waals surface area contributed by atoms with Crippen molar-refractivity contribution in [3.63, 3.8) is 0 Å². The number of esters is 1. The molecule has 0 aromatic carbocycles. The molecular weight excluding hydrogens is 266 g/mol. The van der Waals surface area contributed by atoms with Crippen LogP contribution in [0.3, 0.4) is 0 Å². The van der Waals surface area contributed by atoms with E-state index in [0.717, 1.165) is 24.0 Å². The van der Waals surface area contributed by atoms with Crippen LogP contribution in [0, 0.1) is 0 Å². The van der Waals surface area contributed by atoms with Gasteiger partial charge in [0.2, 0.25) is 0 Å². The Hall–Kier alpha value is -1.33. The maximum atomic E-state index is 12.0. The zero-order chi connectivity index (χ0) is 12.7. The van der Waals surface area contributed by atoms with Crippen molar-refractivity contribution in [2.24, 2.45) is 0 Å². The van der Waals surface area contributed by atoms with E-state index in [1.54, 1.807) is 11.3 Å². The summed E-state index contributed by atoms with van der Waals surface area (Å²) in [6, 6.07) is 2.08. The lowest BCUT2D eigenvalue weighted by Crippen LogP contribution is -2.09. The van der Waals surface area contributed by atoms with Crippen LogP contribution in [0.25, 0.3) is 11.1 Å². The molecule has 2 N–H and O–H groups in total. The molecule has 0 unspecified atom stereocenters. The second kappa shape index (κ2) is 4.40. The molecule has 1 aliphatic carbocycles. The first-order chi connectivity index (χ1) is 8.72. The summed E-state index contributed by atoms with van der Waals surface area (Å²) in [6.07, 6.45) is 2.01. The molecule has 1 aliphatic rings. The van der Waals surface area contributed by atoms with Gasteiger partial charge < -0.3 is 10.5 Å². The molecule has 0 saturated heterocycles. The van der Waals surface area contributed by atoms with Crippen LogP contribution in [0.2, 0.25) is 0 Å². The van der Waals surface area contributed by atoms with Gasteiger partial charge in [0.15, 0.2) is 0 Å². The molecule has 0 saturated carbocycles. The number of ether oxygens (including phenoxy) is 1. The maximum absolute atomic E-state index is 12.0. The molecule has 94 valence electrons. The van der Waals surface area contributed by atoms with Gasteiger partial charge in [0.1, 0.15) is 10.6 Å². The molecule has 0 bridgehead atoms. The molecule has 3 rings (SSSR count). The quantitative estimate of drug-likeness (QED) is 0.858. The van der Waals surface area contributed by atoms with Crippen LogP contribution in [-0.2, 0) is 17.6 Å². The third-order valence-corrected chi connectivity index (χ3v) is 5.14. The molecule has 0 spiro atoms. The summed E-state index contributed by atoms with van der Waals surface area (Å²) >= 11 is 3.26. The highest BCUT2D eigenvalue weighted by Crippen LogP contribution is 2.45. The lowest BCUT2D eigenvalue weighted by molar-refractivity contribution is 0.0529. The van der Waals surface area contributed by atoms with E-state index in [2.05, 4.69) is 11.4 Å². The van der Waals surface area contributed by atoms with E-state index < -0.39 is 0 Å². The number of carbonyl (C=O) groups is 1. The van der Waals surface area contributed by atoms with Gasteiger partial charge in [-0.15, -0.1) is 22.7 Å². The Morgan fingerprint density at radius 2 is 2.22 bits per heavy atom. The number of thiophene rings is 2. The van der Waals surface area contributed by atoms with E-state index >= 15 is 0 Å². The molecule has 0 radical (unpaired) electrons. The minimum absolute atomic E-state index is 0.299. The average molecular weight is 279 g/mol. The largest absolute Gasteiger partial charge is 0.462 e. The highest BCUT2D eigenvalue weighted by Gasteiger charge is 2.28. The average Bonchev–Trinajstić information content (AvgIpc) is 2.90. The van der Waals surface area contributed by atoms with E-state index in [4.69, 9.17) is 10.5 Å². The van der Waals surface area contributed by atoms with Gasteiger partial charge in [-0.2, -0.15) is 0 Å². The third-order valence-electron chi connectivity index (χ3n) is 3.08. The number of aryl methyl sites for hydroxylation is 2. The van der Waals surface area contributed by atoms with Crippen molar-refractivity contribution in [3.8, 4) is 11.1 Å². The van der Waals surface area contributed by atoms with Crippen LogP contribution in [0.1, 0.15) is 27.0 Å². The number of anilines is 1. The Labute approximate surface area is 113 Å². The molecule has 2 aromatic heterocycles. The standard InChI is InChI=1S/C13H13NO2S2/c1-2-16-13(15)11-10-7-5-6-17-8(7)3-4-9(10)18-12(11)14/h5-6H,2-4,14H2,1H3. The summed E-state index contributed by atoms with van der Waals surface area (Å²) in [5.41, 5.74) is 8.74. The minimum Gasteiger partial charge on any atom is -0.462 e. The number of carbonyl (C=O) groups excluding carboxylic acids is 1. The minimum atomic E-state index is -0.299. The van der Waals surface area contributed by atoms with Crippen molar-refractivity contribution >= 4 is 33.6 Å². The van der Waals surface area contributed by atoms with Crippen molar-refractivity contribution in [3.05, 3.63) is 26.8 Å². The van der Waals surface area contributed by atoms with Crippen LogP contribution in [-0.4, -0.2) is 12.6 Å².